The molecule has 1 heterocycles. The molecule has 0 aliphatic carbocycles. The van der Waals surface area contributed by atoms with E-state index in [4.69, 9.17) is 21.9 Å². The Hall–Kier alpha value is -1.88. The average Bonchev–Trinajstić information content (AvgIpc) is 2.99. The fourth-order valence-electron chi connectivity index (χ4n) is 3.43. The smallest absolute Gasteiger partial charge is 0.241 e. The predicted molar refractivity (Wildman–Crippen MR) is 106 cm³/mol. The summed E-state index contributed by atoms with van der Waals surface area (Å²) in [7, 11) is -2.43. The second-order valence-corrected chi connectivity index (χ2v) is 9.95. The highest BCUT2D eigenvalue weighted by atomic mass is 35.5. The van der Waals surface area contributed by atoms with E-state index < -0.39 is 30.8 Å². The molecule has 0 bridgehead atoms. The monoisotopic (exact) mass is 410 g/mol. The van der Waals surface area contributed by atoms with Crippen molar-refractivity contribution in [2.45, 2.75) is 31.5 Å². The average molecular weight is 411 g/mol. The Balaban J connectivity index is 2.23. The molecule has 0 saturated heterocycles. The largest absolute Gasteiger partial charge is 0.372 e. The normalized spacial score (nSPS) is 20.8. The lowest BCUT2D eigenvalue weighted by Crippen LogP contribution is -2.37. The zero-order chi connectivity index (χ0) is 19.9. The molecule has 2 aromatic carbocycles. The zero-order valence-electron chi connectivity index (χ0n) is 15.2. The molecule has 0 saturated carbocycles. The predicted octanol–water partition coefficient (Wildman–Crippen LogP) is 4.17. The van der Waals surface area contributed by atoms with E-state index in [2.05, 4.69) is 5.32 Å². The third-order valence-corrected chi connectivity index (χ3v) is 7.90. The van der Waals surface area contributed by atoms with Crippen molar-refractivity contribution in [2.75, 3.05) is 12.4 Å². The molecule has 5 nitrogen and oxygen atoms in total. The van der Waals surface area contributed by atoms with Crippen molar-refractivity contribution < 1.29 is 18.3 Å². The Labute approximate surface area is 162 Å². The van der Waals surface area contributed by atoms with Gasteiger partial charge in [-0.15, -0.1) is 0 Å². The third kappa shape index (κ3) is 3.49. The molecule has 2 aromatic rings. The molecular weight excluding hydrogens is 390 g/mol. The van der Waals surface area contributed by atoms with E-state index in [0.717, 1.165) is 0 Å². The molecule has 1 amide bonds. The van der Waals surface area contributed by atoms with Gasteiger partial charge in [0.1, 0.15) is 11.9 Å². The lowest BCUT2D eigenvalue weighted by atomic mass is 10.0. The maximum atomic E-state index is 14.3. The van der Waals surface area contributed by atoms with E-state index in [1.807, 2.05) is 13.8 Å². The second kappa shape index (κ2) is 7.27. The van der Waals surface area contributed by atoms with Crippen LogP contribution in [0.3, 0.4) is 0 Å². The summed E-state index contributed by atoms with van der Waals surface area (Å²) < 4.78 is 33.7. The quantitative estimate of drug-likeness (QED) is 0.725. The van der Waals surface area contributed by atoms with E-state index in [0.29, 0.717) is 21.8 Å². The number of anilines is 1. The molecule has 1 aliphatic heterocycles. The first-order chi connectivity index (χ1) is 12.7. The summed E-state index contributed by atoms with van der Waals surface area (Å²) in [6, 6.07) is 8.28. The van der Waals surface area contributed by atoms with Crippen LogP contribution in [0.5, 0.6) is 0 Å². The minimum absolute atomic E-state index is 0.0279. The molecule has 0 radical (unpaired) electrons. The Morgan fingerprint density at radius 3 is 2.59 bits per heavy atom. The van der Waals surface area contributed by atoms with Gasteiger partial charge in [-0.25, -0.2) is 4.39 Å². The highest BCUT2D eigenvalue weighted by Crippen LogP contribution is 2.64. The molecule has 1 aliphatic rings. The van der Waals surface area contributed by atoms with Crippen LogP contribution in [0.1, 0.15) is 36.6 Å². The number of nitrogens with one attached hydrogen (secondary N) is 1. The Kier molecular flexibility index (Phi) is 5.35. The molecule has 8 heteroatoms. The number of carbonyl (C=O) groups is 1. The summed E-state index contributed by atoms with van der Waals surface area (Å²) in [5, 5.41) is 3.63. The van der Waals surface area contributed by atoms with Crippen molar-refractivity contribution in [3.8, 4) is 0 Å². The van der Waals surface area contributed by atoms with Gasteiger partial charge in [-0.05, 0) is 53.4 Å². The van der Waals surface area contributed by atoms with E-state index in [-0.39, 0.29) is 11.2 Å². The van der Waals surface area contributed by atoms with Crippen molar-refractivity contribution in [2.24, 2.45) is 5.73 Å². The standard InChI is InChI=1S/C19H21ClFN2O3P/c1-10(2)11-6-13(21)9-14(7-11)27(25,26-3)18-15-8-12(20)4-5-16(15)23-17(18)19(22)24/h4-10,17-18,23H,1-3H3,(H2,22,24). The van der Waals surface area contributed by atoms with Crippen LogP contribution in [0.4, 0.5) is 10.1 Å². The fraction of sp³-hybridized carbons (Fsp3) is 0.316. The van der Waals surface area contributed by atoms with E-state index >= 15 is 0 Å². The first kappa shape index (κ1) is 19.9. The molecule has 3 atom stereocenters. The topological polar surface area (TPSA) is 81.4 Å². The fourth-order valence-corrected chi connectivity index (χ4v) is 6.20. The van der Waals surface area contributed by atoms with Gasteiger partial charge < -0.3 is 15.6 Å². The molecule has 3 N–H and O–H groups in total. The number of carbonyl (C=O) groups excluding carboxylic acids is 1. The summed E-state index contributed by atoms with van der Waals surface area (Å²) in [5.41, 5.74) is 6.51. The number of hydrogen-bond donors (Lipinski definition) is 2. The first-order valence-electron chi connectivity index (χ1n) is 8.49. The van der Waals surface area contributed by atoms with Crippen molar-refractivity contribution in [3.05, 3.63) is 58.4 Å². The van der Waals surface area contributed by atoms with E-state index in [1.54, 1.807) is 24.3 Å². The SMILES string of the molecule is COP(=O)(c1cc(F)cc(C(C)C)c1)C1c2cc(Cl)ccc2NC1C(N)=O. The van der Waals surface area contributed by atoms with Crippen molar-refractivity contribution in [1.82, 2.24) is 0 Å². The molecule has 0 fully saturated rings. The number of benzene rings is 2. The van der Waals surface area contributed by atoms with Crippen LogP contribution < -0.4 is 16.4 Å². The van der Waals surface area contributed by atoms with Crippen LogP contribution in [0.25, 0.3) is 0 Å². The van der Waals surface area contributed by atoms with Crippen molar-refractivity contribution in [3.63, 3.8) is 0 Å². The minimum atomic E-state index is -3.72. The Morgan fingerprint density at radius 1 is 1.30 bits per heavy atom. The van der Waals surface area contributed by atoms with Gasteiger partial charge >= 0.3 is 0 Å². The maximum absolute atomic E-state index is 14.3. The number of halogens is 2. The molecule has 0 spiro atoms. The summed E-state index contributed by atoms with van der Waals surface area (Å²) in [6.07, 6.45) is 0. The molecule has 3 unspecified atom stereocenters. The molecule has 144 valence electrons. The summed E-state index contributed by atoms with van der Waals surface area (Å²) in [4.78, 5) is 12.1. The van der Waals surface area contributed by atoms with Gasteiger partial charge in [-0.1, -0.05) is 25.4 Å². The minimum Gasteiger partial charge on any atom is -0.372 e. The van der Waals surface area contributed by atoms with E-state index in [1.165, 1.54) is 19.2 Å². The third-order valence-electron chi connectivity index (χ3n) is 4.83. The first-order valence-corrected chi connectivity index (χ1v) is 10.6. The molecule has 0 aromatic heterocycles. The maximum Gasteiger partial charge on any atom is 0.241 e. The molecular formula is C19H21ClFN2O3P. The Morgan fingerprint density at radius 2 is 2.00 bits per heavy atom. The second-order valence-electron chi connectivity index (χ2n) is 6.88. The van der Waals surface area contributed by atoms with Crippen LogP contribution in [-0.4, -0.2) is 19.1 Å². The van der Waals surface area contributed by atoms with Gasteiger partial charge in [0.2, 0.25) is 13.3 Å². The van der Waals surface area contributed by atoms with Crippen LogP contribution in [0.15, 0.2) is 36.4 Å². The van der Waals surface area contributed by atoms with Crippen molar-refractivity contribution in [1.29, 1.82) is 0 Å². The summed E-state index contributed by atoms with van der Waals surface area (Å²) in [5.74, 6) is -1.16. The number of hydrogen-bond acceptors (Lipinski definition) is 4. The number of nitrogens with two attached hydrogens (primary N) is 1. The lowest BCUT2D eigenvalue weighted by Gasteiger charge is -2.27. The van der Waals surface area contributed by atoms with Gasteiger partial charge in [0, 0.05) is 23.1 Å². The van der Waals surface area contributed by atoms with Gasteiger partial charge in [0.05, 0.1) is 5.66 Å². The van der Waals surface area contributed by atoms with Crippen molar-refractivity contribution >= 4 is 35.9 Å². The van der Waals surface area contributed by atoms with Crippen LogP contribution in [-0.2, 0) is 13.9 Å². The van der Waals surface area contributed by atoms with Crippen LogP contribution >= 0.6 is 19.0 Å². The highest BCUT2D eigenvalue weighted by molar-refractivity contribution is 7.67. The zero-order valence-corrected chi connectivity index (χ0v) is 16.9. The summed E-state index contributed by atoms with van der Waals surface area (Å²) >= 11 is 6.11. The molecule has 27 heavy (non-hydrogen) atoms. The van der Waals surface area contributed by atoms with Gasteiger partial charge in [0.15, 0.2) is 0 Å². The van der Waals surface area contributed by atoms with Gasteiger partial charge in [-0.2, -0.15) is 0 Å². The number of amides is 1. The molecule has 3 rings (SSSR count). The van der Waals surface area contributed by atoms with Gasteiger partial charge in [-0.3, -0.25) is 9.36 Å². The van der Waals surface area contributed by atoms with E-state index in [9.17, 15) is 13.8 Å². The summed E-state index contributed by atoms with van der Waals surface area (Å²) in [6.45, 7) is 3.82. The van der Waals surface area contributed by atoms with Crippen LogP contribution in [0, 0.1) is 5.82 Å². The van der Waals surface area contributed by atoms with Gasteiger partial charge in [0.25, 0.3) is 0 Å². The highest BCUT2D eigenvalue weighted by Gasteiger charge is 2.49. The number of rotatable bonds is 5. The Bertz CT molecular complexity index is 951. The number of primary amides is 1. The number of fused-ring (bicyclic) bond motifs is 1. The lowest BCUT2D eigenvalue weighted by molar-refractivity contribution is -0.118. The van der Waals surface area contributed by atoms with Crippen LogP contribution in [0.2, 0.25) is 5.02 Å².